The summed E-state index contributed by atoms with van der Waals surface area (Å²) in [5.41, 5.74) is 2.85. The molecule has 10 heteroatoms. The van der Waals surface area contributed by atoms with E-state index in [9.17, 15) is 13.2 Å². The monoisotopic (exact) mass is 455 g/mol. The molecule has 0 spiro atoms. The molecule has 0 fully saturated rings. The molecule has 0 radical (unpaired) electrons. The van der Waals surface area contributed by atoms with E-state index in [1.54, 1.807) is 18.2 Å². The average Bonchev–Trinajstić information content (AvgIpc) is 2.67. The van der Waals surface area contributed by atoms with Crippen LogP contribution in [0.2, 0.25) is 0 Å². The van der Waals surface area contributed by atoms with Crippen LogP contribution in [-0.2, 0) is 10.0 Å². The highest BCUT2D eigenvalue weighted by Crippen LogP contribution is 2.33. The summed E-state index contributed by atoms with van der Waals surface area (Å²) in [6.45, 7) is 0. The first-order chi connectivity index (χ1) is 12.8. The molecule has 0 bridgehead atoms. The predicted octanol–water partition coefficient (Wildman–Crippen LogP) is 2.14. The van der Waals surface area contributed by atoms with E-state index in [4.69, 9.17) is 9.47 Å². The van der Waals surface area contributed by atoms with Crippen LogP contribution < -0.4 is 19.6 Å². The molecule has 0 aliphatic heterocycles. The normalized spacial score (nSPS) is 11.4. The molecule has 0 atom stereocenters. The average molecular weight is 456 g/mol. The van der Waals surface area contributed by atoms with Gasteiger partial charge in [-0.15, -0.1) is 0 Å². The van der Waals surface area contributed by atoms with E-state index < -0.39 is 15.9 Å². The molecule has 27 heavy (non-hydrogen) atoms. The lowest BCUT2D eigenvalue weighted by atomic mass is 10.2. The number of hydrogen-bond acceptors (Lipinski definition) is 6. The van der Waals surface area contributed by atoms with Crippen molar-refractivity contribution in [3.63, 3.8) is 0 Å². The van der Waals surface area contributed by atoms with Crippen molar-refractivity contribution in [1.29, 1.82) is 0 Å². The number of carbonyl (C=O) groups is 1. The number of hydrazone groups is 1. The lowest BCUT2D eigenvalue weighted by Crippen LogP contribution is -2.25. The minimum absolute atomic E-state index is 0.0252. The minimum Gasteiger partial charge on any atom is -0.493 e. The summed E-state index contributed by atoms with van der Waals surface area (Å²) < 4.78 is 37.6. The Morgan fingerprint density at radius 3 is 2.52 bits per heavy atom. The van der Waals surface area contributed by atoms with E-state index in [-0.39, 0.29) is 10.5 Å². The number of sulfonamides is 1. The van der Waals surface area contributed by atoms with Crippen molar-refractivity contribution in [3.05, 3.63) is 52.0 Å². The Morgan fingerprint density at radius 2 is 1.89 bits per heavy atom. The summed E-state index contributed by atoms with van der Waals surface area (Å²) in [6.07, 6.45) is 1.37. The molecule has 0 aliphatic rings. The molecule has 2 aromatic rings. The second kappa shape index (κ2) is 8.98. The summed E-state index contributed by atoms with van der Waals surface area (Å²) >= 11 is 3.36. The minimum atomic E-state index is -3.78. The molecule has 0 saturated heterocycles. The number of carbonyl (C=O) groups excluding carboxylic acids is 1. The number of nitrogens with one attached hydrogen (secondary N) is 2. The molecule has 0 saturated carbocycles. The van der Waals surface area contributed by atoms with Crippen LogP contribution in [0, 0.1) is 0 Å². The van der Waals surface area contributed by atoms with Gasteiger partial charge in [-0.1, -0.05) is 28.1 Å². The number of benzene rings is 2. The first-order valence-corrected chi connectivity index (χ1v) is 9.89. The standard InChI is InChI=1S/C17H18BrN3O5S/c1-19-27(23,24)15-7-5-4-6-13(15)17(22)21-20-10-11-8-12(18)9-14(25-2)16(11)26-3/h4-10,19H,1-3H3,(H,21,22). The molecule has 0 heterocycles. The van der Waals surface area contributed by atoms with Crippen molar-refractivity contribution >= 4 is 38.1 Å². The highest BCUT2D eigenvalue weighted by Gasteiger charge is 2.20. The number of methoxy groups -OCH3 is 2. The number of nitrogens with zero attached hydrogens (tertiary/aromatic N) is 1. The molecule has 2 aromatic carbocycles. The topological polar surface area (TPSA) is 106 Å². The SMILES string of the molecule is CNS(=O)(=O)c1ccccc1C(=O)NN=Cc1cc(Br)cc(OC)c1OC. The quantitative estimate of drug-likeness (QED) is 0.491. The van der Waals surface area contributed by atoms with Gasteiger partial charge in [-0.2, -0.15) is 5.10 Å². The fourth-order valence-electron chi connectivity index (χ4n) is 2.27. The number of halogens is 1. The van der Waals surface area contributed by atoms with E-state index >= 15 is 0 Å². The van der Waals surface area contributed by atoms with Gasteiger partial charge in [0.05, 0.1) is 30.9 Å². The first kappa shape index (κ1) is 20.9. The van der Waals surface area contributed by atoms with E-state index in [2.05, 4.69) is 31.2 Å². The molecule has 2 rings (SSSR count). The van der Waals surface area contributed by atoms with Gasteiger partial charge in [-0.25, -0.2) is 18.6 Å². The maximum Gasteiger partial charge on any atom is 0.272 e. The van der Waals surface area contributed by atoms with Crippen molar-refractivity contribution in [2.24, 2.45) is 5.10 Å². The van der Waals surface area contributed by atoms with Crippen LogP contribution in [0.4, 0.5) is 0 Å². The number of hydrogen-bond donors (Lipinski definition) is 2. The van der Waals surface area contributed by atoms with Gasteiger partial charge in [-0.3, -0.25) is 4.79 Å². The highest BCUT2D eigenvalue weighted by atomic mass is 79.9. The van der Waals surface area contributed by atoms with Crippen LogP contribution in [-0.4, -0.2) is 41.8 Å². The molecule has 0 aliphatic carbocycles. The number of rotatable bonds is 7. The zero-order valence-electron chi connectivity index (χ0n) is 14.8. The Labute approximate surface area is 165 Å². The number of amides is 1. The summed E-state index contributed by atoms with van der Waals surface area (Å²) in [5, 5.41) is 3.90. The summed E-state index contributed by atoms with van der Waals surface area (Å²) in [4.78, 5) is 12.2. The highest BCUT2D eigenvalue weighted by molar-refractivity contribution is 9.10. The second-order valence-corrected chi connectivity index (χ2v) is 7.90. The van der Waals surface area contributed by atoms with Gasteiger partial charge in [0.15, 0.2) is 11.5 Å². The summed E-state index contributed by atoms with van der Waals surface area (Å²) in [6, 6.07) is 9.30. The van der Waals surface area contributed by atoms with Gasteiger partial charge in [-0.05, 0) is 31.3 Å². The van der Waals surface area contributed by atoms with Crippen LogP contribution in [0.1, 0.15) is 15.9 Å². The van der Waals surface area contributed by atoms with E-state index in [0.29, 0.717) is 17.1 Å². The fraction of sp³-hybridized carbons (Fsp3) is 0.176. The van der Waals surface area contributed by atoms with Crippen LogP contribution in [0.15, 0.2) is 50.9 Å². The van der Waals surface area contributed by atoms with Gasteiger partial charge in [0.25, 0.3) is 5.91 Å². The molecule has 2 N–H and O–H groups in total. The third-order valence-electron chi connectivity index (χ3n) is 3.53. The lowest BCUT2D eigenvalue weighted by molar-refractivity contribution is 0.0952. The lowest BCUT2D eigenvalue weighted by Gasteiger charge is -2.11. The Balaban J connectivity index is 2.29. The fourth-order valence-corrected chi connectivity index (χ4v) is 3.66. The van der Waals surface area contributed by atoms with E-state index in [0.717, 1.165) is 4.47 Å². The molecule has 0 aromatic heterocycles. The largest absolute Gasteiger partial charge is 0.493 e. The van der Waals surface area contributed by atoms with Gasteiger partial charge in [0, 0.05) is 10.0 Å². The molecular weight excluding hydrogens is 438 g/mol. The third kappa shape index (κ3) is 4.85. The predicted molar refractivity (Wildman–Crippen MR) is 105 cm³/mol. The van der Waals surface area contributed by atoms with E-state index in [1.807, 2.05) is 0 Å². The second-order valence-electron chi connectivity index (χ2n) is 5.13. The van der Waals surface area contributed by atoms with Gasteiger partial charge in [0.1, 0.15) is 0 Å². The van der Waals surface area contributed by atoms with Crippen molar-refractivity contribution in [2.45, 2.75) is 4.90 Å². The molecule has 0 unspecified atom stereocenters. The van der Waals surface area contributed by atoms with Crippen molar-refractivity contribution in [3.8, 4) is 11.5 Å². The van der Waals surface area contributed by atoms with Crippen molar-refractivity contribution < 1.29 is 22.7 Å². The smallest absolute Gasteiger partial charge is 0.272 e. The van der Waals surface area contributed by atoms with Crippen LogP contribution in [0.25, 0.3) is 0 Å². The van der Waals surface area contributed by atoms with Crippen LogP contribution in [0.3, 0.4) is 0 Å². The molecule has 8 nitrogen and oxygen atoms in total. The summed E-state index contributed by atoms with van der Waals surface area (Å²) in [5.74, 6) is 0.267. The Hall–Kier alpha value is -2.43. The van der Waals surface area contributed by atoms with Crippen molar-refractivity contribution in [2.75, 3.05) is 21.3 Å². The third-order valence-corrected chi connectivity index (χ3v) is 5.46. The first-order valence-electron chi connectivity index (χ1n) is 7.61. The van der Waals surface area contributed by atoms with Crippen LogP contribution >= 0.6 is 15.9 Å². The Bertz CT molecular complexity index is 977. The Morgan fingerprint density at radius 1 is 1.19 bits per heavy atom. The molecule has 1 amide bonds. The van der Waals surface area contributed by atoms with Gasteiger partial charge < -0.3 is 9.47 Å². The number of ether oxygens (including phenoxy) is 2. The van der Waals surface area contributed by atoms with E-state index in [1.165, 1.54) is 45.7 Å². The molecular formula is C17H18BrN3O5S. The zero-order valence-corrected chi connectivity index (χ0v) is 17.2. The zero-order chi connectivity index (χ0) is 20.0. The molecule has 144 valence electrons. The van der Waals surface area contributed by atoms with Gasteiger partial charge >= 0.3 is 0 Å². The maximum absolute atomic E-state index is 12.4. The van der Waals surface area contributed by atoms with Gasteiger partial charge in [0.2, 0.25) is 10.0 Å². The van der Waals surface area contributed by atoms with Crippen LogP contribution in [0.5, 0.6) is 11.5 Å². The maximum atomic E-state index is 12.4. The van der Waals surface area contributed by atoms with Crippen molar-refractivity contribution in [1.82, 2.24) is 10.1 Å². The Kier molecular flexibility index (Phi) is 6.94. The summed E-state index contributed by atoms with van der Waals surface area (Å²) in [7, 11) is 0.484.